The van der Waals surface area contributed by atoms with Gasteiger partial charge in [-0.25, -0.2) is 0 Å². The first-order valence-electron chi connectivity index (χ1n) is 5.49. The molecule has 0 spiro atoms. The van der Waals surface area contributed by atoms with Crippen molar-refractivity contribution in [3.63, 3.8) is 0 Å². The normalized spacial score (nSPS) is 27.4. The highest BCUT2D eigenvalue weighted by molar-refractivity contribution is 4.85. The second-order valence-corrected chi connectivity index (χ2v) is 3.98. The minimum Gasteiger partial charge on any atom is -0.395 e. The van der Waals surface area contributed by atoms with Gasteiger partial charge in [0.05, 0.1) is 13.2 Å². The van der Waals surface area contributed by atoms with Crippen molar-refractivity contribution < 1.29 is 10.2 Å². The van der Waals surface area contributed by atoms with Crippen LogP contribution in [0.25, 0.3) is 0 Å². The Bertz CT molecular complexity index is 149. The topological polar surface area (TPSA) is 69.7 Å². The zero-order chi connectivity index (χ0) is 10.4. The van der Waals surface area contributed by atoms with Gasteiger partial charge in [0.25, 0.3) is 0 Å². The highest BCUT2D eigenvalue weighted by Gasteiger charge is 2.30. The molecule has 0 aromatic heterocycles. The summed E-state index contributed by atoms with van der Waals surface area (Å²) in [4.78, 5) is 2.17. The Balaban J connectivity index is 2.47. The Kier molecular flexibility index (Phi) is 5.40. The van der Waals surface area contributed by atoms with E-state index in [4.69, 9.17) is 15.9 Å². The summed E-state index contributed by atoms with van der Waals surface area (Å²) >= 11 is 0. The van der Waals surface area contributed by atoms with Crippen LogP contribution in [0.2, 0.25) is 0 Å². The molecule has 0 saturated heterocycles. The zero-order valence-electron chi connectivity index (χ0n) is 8.73. The van der Waals surface area contributed by atoms with E-state index >= 15 is 0 Å². The summed E-state index contributed by atoms with van der Waals surface area (Å²) in [5.74, 6) is 0.549. The van der Waals surface area contributed by atoms with Crippen LogP contribution in [0, 0.1) is 5.92 Å². The molecule has 1 aliphatic carbocycles. The van der Waals surface area contributed by atoms with Crippen molar-refractivity contribution in [1.29, 1.82) is 0 Å². The number of nitrogens with two attached hydrogens (primary N) is 1. The largest absolute Gasteiger partial charge is 0.395 e. The van der Waals surface area contributed by atoms with Gasteiger partial charge < -0.3 is 15.9 Å². The maximum atomic E-state index is 8.93. The van der Waals surface area contributed by atoms with Crippen molar-refractivity contribution in [3.05, 3.63) is 0 Å². The highest BCUT2D eigenvalue weighted by Crippen LogP contribution is 2.28. The summed E-state index contributed by atoms with van der Waals surface area (Å²) in [7, 11) is 0. The molecule has 14 heavy (non-hydrogen) atoms. The van der Waals surface area contributed by atoms with E-state index in [1.807, 2.05) is 0 Å². The van der Waals surface area contributed by atoms with Crippen LogP contribution < -0.4 is 5.73 Å². The molecule has 2 unspecified atom stereocenters. The number of hydrogen-bond donors (Lipinski definition) is 3. The predicted molar refractivity (Wildman–Crippen MR) is 55.9 cm³/mol. The van der Waals surface area contributed by atoms with Crippen LogP contribution in [0.3, 0.4) is 0 Å². The Morgan fingerprint density at radius 3 is 2.29 bits per heavy atom. The van der Waals surface area contributed by atoms with E-state index in [1.165, 1.54) is 12.8 Å². The molecule has 4 nitrogen and oxygen atoms in total. The van der Waals surface area contributed by atoms with Crippen molar-refractivity contribution >= 4 is 0 Å². The first-order chi connectivity index (χ1) is 6.83. The number of rotatable bonds is 6. The van der Waals surface area contributed by atoms with Gasteiger partial charge in [-0.05, 0) is 25.3 Å². The van der Waals surface area contributed by atoms with Gasteiger partial charge in [-0.2, -0.15) is 0 Å². The summed E-state index contributed by atoms with van der Waals surface area (Å²) in [6.07, 6.45) is 3.57. The highest BCUT2D eigenvalue weighted by atomic mass is 16.3. The van der Waals surface area contributed by atoms with Gasteiger partial charge in [-0.15, -0.1) is 0 Å². The van der Waals surface area contributed by atoms with Gasteiger partial charge in [0.2, 0.25) is 0 Å². The smallest absolute Gasteiger partial charge is 0.0558 e. The van der Waals surface area contributed by atoms with Gasteiger partial charge in [-0.3, -0.25) is 4.90 Å². The van der Waals surface area contributed by atoms with E-state index in [1.54, 1.807) is 0 Å². The molecule has 0 aromatic rings. The molecule has 2 atom stereocenters. The summed E-state index contributed by atoms with van der Waals surface area (Å²) in [5.41, 5.74) is 5.70. The molecule has 84 valence electrons. The lowest BCUT2D eigenvalue weighted by atomic mass is 10.0. The van der Waals surface area contributed by atoms with E-state index < -0.39 is 0 Å². The Morgan fingerprint density at radius 1 is 1.14 bits per heavy atom. The molecule has 0 radical (unpaired) electrons. The third-order valence-corrected chi connectivity index (χ3v) is 3.17. The molecule has 0 bridgehead atoms. The summed E-state index contributed by atoms with van der Waals surface area (Å²) in [6.45, 7) is 2.35. The molecule has 0 aliphatic heterocycles. The molecule has 0 heterocycles. The Labute approximate surface area is 85.7 Å². The first kappa shape index (κ1) is 11.9. The van der Waals surface area contributed by atoms with Gasteiger partial charge in [0.1, 0.15) is 0 Å². The van der Waals surface area contributed by atoms with Gasteiger partial charge in [0, 0.05) is 19.1 Å². The van der Waals surface area contributed by atoms with Crippen LogP contribution in [-0.2, 0) is 0 Å². The SMILES string of the molecule is NCC1CCCC1N(CCO)CCO. The second kappa shape index (κ2) is 6.35. The minimum atomic E-state index is 0.161. The molecule has 1 saturated carbocycles. The van der Waals surface area contributed by atoms with Crippen molar-refractivity contribution in [2.24, 2.45) is 11.7 Å². The Morgan fingerprint density at radius 2 is 1.79 bits per heavy atom. The molecule has 4 heteroatoms. The summed E-state index contributed by atoms with van der Waals surface area (Å²) in [6, 6.07) is 0.472. The quantitative estimate of drug-likeness (QED) is 0.538. The van der Waals surface area contributed by atoms with Crippen LogP contribution in [0.4, 0.5) is 0 Å². The van der Waals surface area contributed by atoms with Gasteiger partial charge >= 0.3 is 0 Å². The molecule has 4 N–H and O–H groups in total. The molecule has 1 aliphatic rings. The summed E-state index contributed by atoms with van der Waals surface area (Å²) < 4.78 is 0. The van der Waals surface area contributed by atoms with Gasteiger partial charge in [-0.1, -0.05) is 6.42 Å². The number of aliphatic hydroxyl groups is 2. The number of nitrogens with zero attached hydrogens (tertiary/aromatic N) is 1. The molecular weight excluding hydrogens is 180 g/mol. The average Bonchev–Trinajstić information content (AvgIpc) is 2.65. The molecule has 0 amide bonds. The number of aliphatic hydroxyl groups excluding tert-OH is 2. The molecule has 0 aromatic carbocycles. The molecule has 1 fully saturated rings. The van der Waals surface area contributed by atoms with Crippen LogP contribution in [0.1, 0.15) is 19.3 Å². The van der Waals surface area contributed by atoms with Crippen LogP contribution in [0.5, 0.6) is 0 Å². The fraction of sp³-hybridized carbons (Fsp3) is 1.00. The third-order valence-electron chi connectivity index (χ3n) is 3.17. The first-order valence-corrected chi connectivity index (χ1v) is 5.49. The van der Waals surface area contributed by atoms with Crippen molar-refractivity contribution in [2.45, 2.75) is 25.3 Å². The van der Waals surface area contributed by atoms with Crippen molar-refractivity contribution in [1.82, 2.24) is 4.90 Å². The lowest BCUT2D eigenvalue weighted by Crippen LogP contribution is -2.43. The zero-order valence-corrected chi connectivity index (χ0v) is 8.73. The van der Waals surface area contributed by atoms with E-state index in [0.717, 1.165) is 13.0 Å². The fourth-order valence-electron chi connectivity index (χ4n) is 2.47. The van der Waals surface area contributed by atoms with E-state index in [0.29, 0.717) is 25.0 Å². The third kappa shape index (κ3) is 2.92. The van der Waals surface area contributed by atoms with Crippen LogP contribution >= 0.6 is 0 Å². The maximum Gasteiger partial charge on any atom is 0.0558 e. The van der Waals surface area contributed by atoms with Crippen molar-refractivity contribution in [2.75, 3.05) is 32.8 Å². The Hall–Kier alpha value is -0.160. The molecular formula is C10H22N2O2. The number of hydrogen-bond acceptors (Lipinski definition) is 4. The van der Waals surface area contributed by atoms with Crippen molar-refractivity contribution in [3.8, 4) is 0 Å². The molecule has 1 rings (SSSR count). The predicted octanol–water partition coefficient (Wildman–Crippen LogP) is -0.600. The van der Waals surface area contributed by atoms with Crippen LogP contribution in [-0.4, -0.2) is 54.0 Å². The average molecular weight is 202 g/mol. The standard InChI is InChI=1S/C10H22N2O2/c11-8-9-2-1-3-10(9)12(4-6-13)5-7-14/h9-10,13-14H,1-8,11H2. The lowest BCUT2D eigenvalue weighted by Gasteiger charge is -2.31. The maximum absolute atomic E-state index is 8.93. The lowest BCUT2D eigenvalue weighted by molar-refractivity contribution is 0.104. The van der Waals surface area contributed by atoms with Crippen LogP contribution in [0.15, 0.2) is 0 Å². The summed E-state index contributed by atoms with van der Waals surface area (Å²) in [5, 5.41) is 17.9. The fourth-order valence-corrected chi connectivity index (χ4v) is 2.47. The van der Waals surface area contributed by atoms with E-state index in [-0.39, 0.29) is 13.2 Å². The van der Waals surface area contributed by atoms with E-state index in [2.05, 4.69) is 4.90 Å². The second-order valence-electron chi connectivity index (χ2n) is 3.98. The van der Waals surface area contributed by atoms with E-state index in [9.17, 15) is 0 Å². The van der Waals surface area contributed by atoms with Gasteiger partial charge in [0.15, 0.2) is 0 Å². The minimum absolute atomic E-state index is 0.161. The monoisotopic (exact) mass is 202 g/mol.